The largest absolute Gasteiger partial charge is 0.369 e. The van der Waals surface area contributed by atoms with Crippen molar-refractivity contribution in [1.29, 1.82) is 0 Å². The number of epoxide rings is 2. The van der Waals surface area contributed by atoms with Gasteiger partial charge < -0.3 is 9.47 Å². The van der Waals surface area contributed by atoms with Crippen LogP contribution in [0, 0.1) is 11.8 Å². The van der Waals surface area contributed by atoms with Gasteiger partial charge in [0.2, 0.25) is 0 Å². The van der Waals surface area contributed by atoms with Crippen molar-refractivity contribution < 1.29 is 14.3 Å². The van der Waals surface area contributed by atoms with Crippen LogP contribution in [0.3, 0.4) is 0 Å². The molecule has 2 heterocycles. The Bertz CT molecular complexity index is 398. The quantitative estimate of drug-likeness (QED) is 0.552. The number of ether oxygens (including phenoxy) is 2. The monoisotopic (exact) mass is 248 g/mol. The summed E-state index contributed by atoms with van der Waals surface area (Å²) in [6.45, 7) is 5.23. The van der Waals surface area contributed by atoms with E-state index in [0.717, 1.165) is 24.4 Å². The molecule has 1 aliphatic carbocycles. The van der Waals surface area contributed by atoms with Crippen LogP contribution in [-0.4, -0.2) is 38.0 Å². The van der Waals surface area contributed by atoms with Crippen molar-refractivity contribution in [2.45, 2.75) is 50.9 Å². The predicted octanol–water partition coefficient (Wildman–Crippen LogP) is 1.06. The summed E-state index contributed by atoms with van der Waals surface area (Å²) in [7, 11) is 1.89. The summed E-state index contributed by atoms with van der Waals surface area (Å²) < 4.78 is 11.4. The maximum Gasteiger partial charge on any atom is 0.149 e. The molecule has 4 atom stereocenters. The van der Waals surface area contributed by atoms with Gasteiger partial charge in [-0.15, -0.1) is 0 Å². The van der Waals surface area contributed by atoms with Gasteiger partial charge in [-0.05, 0) is 24.2 Å². The number of rotatable bonds is 4. The lowest BCUT2D eigenvalue weighted by atomic mass is 9.72. The van der Waals surface area contributed by atoms with Crippen LogP contribution in [0.25, 0.3) is 0 Å². The molecule has 0 aromatic rings. The Labute approximate surface area is 109 Å². The Morgan fingerprint density at radius 2 is 2.28 bits per heavy atom. The van der Waals surface area contributed by atoms with Crippen molar-refractivity contribution in [1.82, 2.24) is 0 Å². The van der Waals surface area contributed by atoms with E-state index in [1.54, 1.807) is 0 Å². The number of allylic oxidation sites excluding steroid dienone is 1. The van der Waals surface area contributed by atoms with Crippen molar-refractivity contribution in [3.8, 4) is 0 Å². The van der Waals surface area contributed by atoms with Crippen molar-refractivity contribution in [3.05, 3.63) is 11.5 Å². The standard InChI is InChI=1S/C14H21BO3/c1-8(2)3-4-12-13(18-12)9-5-11(16)10(15)6-14(9)7-17-14/h6,8-9,12-13H,3-5,7,15H2,1-2H3. The molecule has 2 aliphatic heterocycles. The lowest BCUT2D eigenvalue weighted by molar-refractivity contribution is -0.117. The van der Waals surface area contributed by atoms with Crippen LogP contribution in [0.2, 0.25) is 0 Å². The van der Waals surface area contributed by atoms with Gasteiger partial charge in [0.15, 0.2) is 0 Å². The van der Waals surface area contributed by atoms with E-state index in [2.05, 4.69) is 13.8 Å². The molecule has 0 N–H and O–H groups in total. The molecule has 0 radical (unpaired) electrons. The number of hydrogen-bond acceptors (Lipinski definition) is 3. The molecule has 0 aromatic heterocycles. The van der Waals surface area contributed by atoms with Gasteiger partial charge in [-0.3, -0.25) is 4.79 Å². The summed E-state index contributed by atoms with van der Waals surface area (Å²) in [5.74, 6) is 1.24. The van der Waals surface area contributed by atoms with Gasteiger partial charge in [-0.2, -0.15) is 0 Å². The molecule has 3 aliphatic rings. The third-order valence-corrected chi connectivity index (χ3v) is 4.46. The van der Waals surface area contributed by atoms with Gasteiger partial charge in [0.05, 0.1) is 18.8 Å². The molecule has 2 saturated heterocycles. The molecular formula is C14H21BO3. The minimum atomic E-state index is -0.157. The minimum absolute atomic E-state index is 0.157. The maximum absolute atomic E-state index is 11.8. The first-order chi connectivity index (χ1) is 8.52. The number of carbonyl (C=O) groups excluding carboxylic acids is 1. The highest BCUT2D eigenvalue weighted by Gasteiger charge is 2.61. The van der Waals surface area contributed by atoms with E-state index >= 15 is 0 Å². The summed E-state index contributed by atoms with van der Waals surface area (Å²) >= 11 is 0. The Morgan fingerprint density at radius 1 is 1.56 bits per heavy atom. The molecule has 3 nitrogen and oxygen atoms in total. The number of carbonyl (C=O) groups is 1. The van der Waals surface area contributed by atoms with Crippen LogP contribution in [-0.2, 0) is 14.3 Å². The number of ketones is 1. The second-order valence-corrected chi connectivity index (χ2v) is 6.42. The summed E-state index contributed by atoms with van der Waals surface area (Å²) in [6, 6.07) is 0. The van der Waals surface area contributed by atoms with E-state index in [0.29, 0.717) is 12.5 Å². The zero-order valence-electron chi connectivity index (χ0n) is 11.4. The molecule has 1 spiro atoms. The van der Waals surface area contributed by atoms with Crippen molar-refractivity contribution in [2.75, 3.05) is 6.61 Å². The average Bonchev–Trinajstić information content (AvgIpc) is 3.18. The van der Waals surface area contributed by atoms with Crippen LogP contribution in [0.5, 0.6) is 0 Å². The molecule has 0 amide bonds. The fourth-order valence-corrected chi connectivity index (χ4v) is 3.10. The van der Waals surface area contributed by atoms with E-state index < -0.39 is 0 Å². The molecule has 4 unspecified atom stereocenters. The zero-order chi connectivity index (χ0) is 12.9. The topological polar surface area (TPSA) is 42.1 Å². The average molecular weight is 248 g/mol. The van der Waals surface area contributed by atoms with Crippen molar-refractivity contribution in [3.63, 3.8) is 0 Å². The van der Waals surface area contributed by atoms with Gasteiger partial charge in [-0.25, -0.2) is 0 Å². The third kappa shape index (κ3) is 2.16. The molecule has 18 heavy (non-hydrogen) atoms. The molecule has 4 heteroatoms. The first-order valence-electron chi connectivity index (χ1n) is 7.04. The smallest absolute Gasteiger partial charge is 0.149 e. The minimum Gasteiger partial charge on any atom is -0.369 e. The third-order valence-electron chi connectivity index (χ3n) is 4.46. The molecule has 2 fully saturated rings. The van der Waals surface area contributed by atoms with E-state index in [1.165, 1.54) is 6.42 Å². The van der Waals surface area contributed by atoms with Crippen molar-refractivity contribution >= 4 is 13.6 Å². The Morgan fingerprint density at radius 3 is 2.89 bits per heavy atom. The lowest BCUT2D eigenvalue weighted by Crippen LogP contribution is -2.35. The first kappa shape index (κ1) is 12.4. The van der Waals surface area contributed by atoms with Crippen LogP contribution in [0.1, 0.15) is 33.1 Å². The van der Waals surface area contributed by atoms with Gasteiger partial charge in [0.1, 0.15) is 19.2 Å². The van der Waals surface area contributed by atoms with Gasteiger partial charge in [0, 0.05) is 12.3 Å². The fourth-order valence-electron chi connectivity index (χ4n) is 3.10. The van der Waals surface area contributed by atoms with Crippen molar-refractivity contribution in [2.24, 2.45) is 11.8 Å². The van der Waals surface area contributed by atoms with Gasteiger partial charge in [0.25, 0.3) is 0 Å². The van der Waals surface area contributed by atoms with Crippen LogP contribution in [0.15, 0.2) is 11.5 Å². The van der Waals surface area contributed by atoms with E-state index in [-0.39, 0.29) is 23.4 Å². The molecule has 0 bridgehead atoms. The molecule has 3 rings (SSSR count). The maximum atomic E-state index is 11.8. The molecular weight excluding hydrogens is 227 g/mol. The van der Waals surface area contributed by atoms with Crippen LogP contribution in [0.4, 0.5) is 0 Å². The summed E-state index contributed by atoms with van der Waals surface area (Å²) in [5, 5.41) is 0. The van der Waals surface area contributed by atoms with E-state index in [9.17, 15) is 4.79 Å². The van der Waals surface area contributed by atoms with E-state index in [4.69, 9.17) is 9.47 Å². The molecule has 0 aromatic carbocycles. The Kier molecular flexibility index (Phi) is 2.90. The molecule has 98 valence electrons. The lowest BCUT2D eigenvalue weighted by Gasteiger charge is -2.25. The zero-order valence-corrected chi connectivity index (χ0v) is 11.4. The predicted molar refractivity (Wildman–Crippen MR) is 71.2 cm³/mol. The first-order valence-corrected chi connectivity index (χ1v) is 7.04. The SMILES string of the molecule is BC1=CC2(CO2)C(C2OC2CCC(C)C)CC1=O. The van der Waals surface area contributed by atoms with Crippen LogP contribution >= 0.6 is 0 Å². The fraction of sp³-hybridized carbons (Fsp3) is 0.786. The summed E-state index contributed by atoms with van der Waals surface area (Å²) in [6.07, 6.45) is 5.56. The summed E-state index contributed by atoms with van der Waals surface area (Å²) in [5.41, 5.74) is 0.707. The number of Topliss-reactive ketones (excluding diaryl/α,β-unsaturated/α-hetero) is 1. The second kappa shape index (κ2) is 4.21. The van der Waals surface area contributed by atoms with E-state index in [1.807, 2.05) is 13.9 Å². The summed E-state index contributed by atoms with van der Waals surface area (Å²) in [4.78, 5) is 11.8. The Balaban J connectivity index is 1.63. The second-order valence-electron chi connectivity index (χ2n) is 6.42. The van der Waals surface area contributed by atoms with Crippen LogP contribution < -0.4 is 0 Å². The highest BCUT2D eigenvalue weighted by molar-refractivity contribution is 6.37. The normalized spacial score (nSPS) is 42.3. The number of hydrogen-bond donors (Lipinski definition) is 0. The molecule has 0 saturated carbocycles. The highest BCUT2D eigenvalue weighted by atomic mass is 16.6. The van der Waals surface area contributed by atoms with Gasteiger partial charge in [-0.1, -0.05) is 19.9 Å². The van der Waals surface area contributed by atoms with Gasteiger partial charge >= 0.3 is 0 Å². The highest BCUT2D eigenvalue weighted by Crippen LogP contribution is 2.50. The Hall–Kier alpha value is -0.605.